The first-order valence-electron chi connectivity index (χ1n) is 6.34. The van der Waals surface area contributed by atoms with E-state index in [1.165, 1.54) is 23.1 Å². The zero-order valence-electron chi connectivity index (χ0n) is 11.9. The fraction of sp³-hybridized carbons (Fsp3) is 0.385. The molecule has 0 saturated heterocycles. The molecule has 0 unspecified atom stereocenters. The first-order valence-corrected chi connectivity index (χ1v) is 9.08. The van der Waals surface area contributed by atoms with E-state index >= 15 is 0 Å². The van der Waals surface area contributed by atoms with Gasteiger partial charge in [-0.25, -0.2) is 4.98 Å². The van der Waals surface area contributed by atoms with Crippen LogP contribution in [0.25, 0.3) is 0 Å². The van der Waals surface area contributed by atoms with Crippen LogP contribution in [0.5, 0.6) is 0 Å². The van der Waals surface area contributed by atoms with Gasteiger partial charge < -0.3 is 10.2 Å². The molecule has 22 heavy (non-hydrogen) atoms. The standard InChI is InChI=1S/C10H13NO4S2.C3H3NS/c1-6-7(5-9(14)15)17-10(11-6)16-4-2-3-8(12)13;1-2-5-3-4-1/h2-5H2,1H3,(H,12,13)(H,14,15);1-3H. The molecular weight excluding hydrogens is 344 g/mol. The first-order chi connectivity index (χ1) is 10.5. The van der Waals surface area contributed by atoms with Crippen molar-refractivity contribution in [1.29, 1.82) is 0 Å². The van der Waals surface area contributed by atoms with Gasteiger partial charge in [-0.1, -0.05) is 11.8 Å². The summed E-state index contributed by atoms with van der Waals surface area (Å²) in [7, 11) is 0. The summed E-state index contributed by atoms with van der Waals surface area (Å²) in [6.45, 7) is 1.79. The van der Waals surface area contributed by atoms with E-state index in [2.05, 4.69) is 9.97 Å². The van der Waals surface area contributed by atoms with Gasteiger partial charge in [-0.3, -0.25) is 14.6 Å². The first kappa shape index (κ1) is 18.6. The number of aryl methyl sites for hydroxylation is 1. The van der Waals surface area contributed by atoms with Crippen molar-refractivity contribution in [3.8, 4) is 0 Å². The summed E-state index contributed by atoms with van der Waals surface area (Å²) in [5.41, 5.74) is 2.54. The van der Waals surface area contributed by atoms with Crippen LogP contribution in [0.3, 0.4) is 0 Å². The molecule has 9 heteroatoms. The summed E-state index contributed by atoms with van der Waals surface area (Å²) in [5.74, 6) is -0.974. The Morgan fingerprint density at radius 2 is 2.09 bits per heavy atom. The highest BCUT2D eigenvalue weighted by Crippen LogP contribution is 2.28. The van der Waals surface area contributed by atoms with Crippen LogP contribution in [-0.4, -0.2) is 37.9 Å². The molecular formula is C13H16N2O4S3. The maximum absolute atomic E-state index is 10.6. The number of rotatable bonds is 7. The van der Waals surface area contributed by atoms with Crippen molar-refractivity contribution in [1.82, 2.24) is 9.97 Å². The van der Waals surface area contributed by atoms with Crippen molar-refractivity contribution in [2.45, 2.75) is 30.5 Å². The van der Waals surface area contributed by atoms with Gasteiger partial charge in [0.15, 0.2) is 0 Å². The Morgan fingerprint density at radius 3 is 2.59 bits per heavy atom. The number of hydrogen-bond donors (Lipinski definition) is 2. The van der Waals surface area contributed by atoms with Crippen molar-refractivity contribution >= 4 is 46.4 Å². The molecule has 0 aromatic carbocycles. The normalized spacial score (nSPS) is 9.86. The molecule has 0 aliphatic rings. The Labute approximate surface area is 140 Å². The molecule has 2 aromatic heterocycles. The maximum atomic E-state index is 10.6. The van der Waals surface area contributed by atoms with E-state index in [1.807, 2.05) is 5.38 Å². The van der Waals surface area contributed by atoms with Crippen LogP contribution >= 0.6 is 34.4 Å². The van der Waals surface area contributed by atoms with E-state index < -0.39 is 11.9 Å². The maximum Gasteiger partial charge on any atom is 0.308 e. The zero-order chi connectivity index (χ0) is 16.4. The molecule has 120 valence electrons. The van der Waals surface area contributed by atoms with Gasteiger partial charge in [-0.15, -0.1) is 22.7 Å². The van der Waals surface area contributed by atoms with Crippen molar-refractivity contribution in [2.75, 3.05) is 5.75 Å². The molecule has 2 heterocycles. The SMILES string of the molecule is Cc1nc(SCCCC(=O)O)sc1CC(=O)O.c1cscn1. The molecule has 2 rings (SSSR count). The Morgan fingerprint density at radius 1 is 1.32 bits per heavy atom. The van der Waals surface area contributed by atoms with Crippen molar-refractivity contribution in [2.24, 2.45) is 0 Å². The number of thiazole rings is 2. The Kier molecular flexibility index (Phi) is 8.71. The molecule has 0 aliphatic carbocycles. The third-order valence-electron chi connectivity index (χ3n) is 2.29. The van der Waals surface area contributed by atoms with Crippen molar-refractivity contribution in [3.05, 3.63) is 27.7 Å². The predicted molar refractivity (Wildman–Crippen MR) is 87.9 cm³/mol. The molecule has 2 aromatic rings. The lowest BCUT2D eigenvalue weighted by atomic mass is 10.3. The zero-order valence-corrected chi connectivity index (χ0v) is 14.3. The minimum Gasteiger partial charge on any atom is -0.481 e. The van der Waals surface area contributed by atoms with E-state index in [9.17, 15) is 9.59 Å². The van der Waals surface area contributed by atoms with Gasteiger partial charge >= 0.3 is 11.9 Å². The van der Waals surface area contributed by atoms with Crippen LogP contribution in [0.1, 0.15) is 23.4 Å². The van der Waals surface area contributed by atoms with Gasteiger partial charge in [0.2, 0.25) is 0 Å². The van der Waals surface area contributed by atoms with Gasteiger partial charge in [0.05, 0.1) is 17.6 Å². The Bertz CT molecular complexity index is 567. The molecule has 0 spiro atoms. The number of carboxylic acids is 2. The lowest BCUT2D eigenvalue weighted by molar-refractivity contribution is -0.137. The summed E-state index contributed by atoms with van der Waals surface area (Å²) < 4.78 is 0.809. The molecule has 0 saturated carbocycles. The molecule has 2 N–H and O–H groups in total. The largest absolute Gasteiger partial charge is 0.481 e. The number of thioether (sulfide) groups is 1. The number of nitrogens with zero attached hydrogens (tertiary/aromatic N) is 2. The average molecular weight is 360 g/mol. The van der Waals surface area contributed by atoms with Crippen LogP contribution in [0.2, 0.25) is 0 Å². The molecule has 0 fully saturated rings. The highest BCUT2D eigenvalue weighted by Gasteiger charge is 2.11. The summed E-state index contributed by atoms with van der Waals surface area (Å²) >= 11 is 4.45. The van der Waals surface area contributed by atoms with Gasteiger partial charge in [0.25, 0.3) is 0 Å². The highest BCUT2D eigenvalue weighted by molar-refractivity contribution is 8.01. The third-order valence-corrected chi connectivity index (χ3v) is 5.20. The Balaban J connectivity index is 0.000000406. The second kappa shape index (κ2) is 10.3. The van der Waals surface area contributed by atoms with Crippen molar-refractivity contribution < 1.29 is 19.8 Å². The minimum absolute atomic E-state index is 0.000808. The molecule has 6 nitrogen and oxygen atoms in total. The predicted octanol–water partition coefficient (Wildman–Crippen LogP) is 3.18. The van der Waals surface area contributed by atoms with E-state index in [0.717, 1.165) is 14.9 Å². The van der Waals surface area contributed by atoms with Crippen LogP contribution in [0.15, 0.2) is 21.4 Å². The van der Waals surface area contributed by atoms with Gasteiger partial charge in [0.1, 0.15) is 4.34 Å². The van der Waals surface area contributed by atoms with Gasteiger partial charge in [-0.2, -0.15) is 0 Å². The second-order valence-electron chi connectivity index (χ2n) is 4.08. The van der Waals surface area contributed by atoms with Crippen molar-refractivity contribution in [3.63, 3.8) is 0 Å². The van der Waals surface area contributed by atoms with Crippen LogP contribution in [-0.2, 0) is 16.0 Å². The fourth-order valence-corrected chi connectivity index (χ4v) is 3.91. The minimum atomic E-state index is -0.862. The molecule has 0 amide bonds. The summed E-state index contributed by atoms with van der Waals surface area (Å²) in [6.07, 6.45) is 2.51. The van der Waals surface area contributed by atoms with Crippen LogP contribution in [0, 0.1) is 6.92 Å². The number of carbonyl (C=O) groups is 2. The lowest BCUT2D eigenvalue weighted by Gasteiger charge is -1.94. The van der Waals surface area contributed by atoms with E-state index in [0.29, 0.717) is 12.2 Å². The summed E-state index contributed by atoms with van der Waals surface area (Å²) in [6, 6.07) is 0. The van der Waals surface area contributed by atoms with Crippen LogP contribution < -0.4 is 0 Å². The second-order valence-corrected chi connectivity index (χ2v) is 7.26. The third kappa shape index (κ3) is 8.11. The Hall–Kier alpha value is -1.45. The number of aromatic nitrogens is 2. The summed E-state index contributed by atoms with van der Waals surface area (Å²) in [4.78, 5) is 29.6. The monoisotopic (exact) mass is 360 g/mol. The topological polar surface area (TPSA) is 100 Å². The molecule has 0 atom stereocenters. The fourth-order valence-electron chi connectivity index (χ4n) is 1.32. The lowest BCUT2D eigenvalue weighted by Crippen LogP contribution is -1.99. The van der Waals surface area contributed by atoms with E-state index in [4.69, 9.17) is 10.2 Å². The smallest absolute Gasteiger partial charge is 0.308 e. The van der Waals surface area contributed by atoms with E-state index in [-0.39, 0.29) is 12.8 Å². The van der Waals surface area contributed by atoms with Gasteiger partial charge in [0, 0.05) is 28.6 Å². The van der Waals surface area contributed by atoms with Gasteiger partial charge in [-0.05, 0) is 13.3 Å². The average Bonchev–Trinajstić information content (AvgIpc) is 3.09. The van der Waals surface area contributed by atoms with Crippen LogP contribution in [0.4, 0.5) is 0 Å². The quantitative estimate of drug-likeness (QED) is 0.577. The number of carboxylic acid groups (broad SMARTS) is 2. The summed E-state index contributed by atoms with van der Waals surface area (Å²) in [5, 5.41) is 19.1. The highest BCUT2D eigenvalue weighted by atomic mass is 32.2. The van der Waals surface area contributed by atoms with E-state index in [1.54, 1.807) is 30.0 Å². The molecule has 0 aliphatic heterocycles. The molecule has 0 bridgehead atoms. The molecule has 0 radical (unpaired) electrons. The number of hydrogen-bond acceptors (Lipinski definition) is 7. The number of aliphatic carboxylic acids is 2.